The highest BCUT2D eigenvalue weighted by Crippen LogP contribution is 2.29. The molecule has 2 aromatic rings. The number of nitrogen functional groups attached to an aromatic ring is 1. The first kappa shape index (κ1) is 12.5. The number of nitrogens with two attached hydrogens (primary N) is 1. The molecule has 3 rings (SSSR count). The van der Waals surface area contributed by atoms with Crippen molar-refractivity contribution in [3.05, 3.63) is 53.1 Å². The van der Waals surface area contributed by atoms with Crippen molar-refractivity contribution in [3.63, 3.8) is 0 Å². The van der Waals surface area contributed by atoms with Crippen molar-refractivity contribution >= 4 is 11.5 Å². The van der Waals surface area contributed by atoms with Crippen molar-refractivity contribution in [3.8, 4) is 11.5 Å². The molecular weight excluding hydrogens is 254 g/mol. The minimum absolute atomic E-state index is 0.0726. The molecule has 2 N–H and O–H groups in total. The monoisotopic (exact) mass is 269 g/mol. The number of hydrogen-bond acceptors (Lipinski definition) is 4. The van der Waals surface area contributed by atoms with E-state index in [1.165, 1.54) is 7.11 Å². The van der Waals surface area contributed by atoms with E-state index in [4.69, 9.17) is 15.2 Å². The summed E-state index contributed by atoms with van der Waals surface area (Å²) in [5.74, 6) is 1.29. The summed E-state index contributed by atoms with van der Waals surface area (Å²) in [6.45, 7) is 0.679. The topological polar surface area (TPSA) is 61.5 Å². The van der Waals surface area contributed by atoms with Crippen LogP contribution in [0.15, 0.2) is 36.4 Å². The van der Waals surface area contributed by atoms with E-state index in [0.29, 0.717) is 29.2 Å². The van der Waals surface area contributed by atoms with Crippen LogP contribution in [0.4, 0.5) is 5.69 Å². The molecule has 0 saturated heterocycles. The summed E-state index contributed by atoms with van der Waals surface area (Å²) in [5.41, 5.74) is 8.50. The van der Waals surface area contributed by atoms with E-state index >= 15 is 0 Å². The molecule has 0 aromatic heterocycles. The molecule has 0 atom stereocenters. The summed E-state index contributed by atoms with van der Waals surface area (Å²) >= 11 is 0. The Bertz CT molecular complexity index is 679. The van der Waals surface area contributed by atoms with Crippen molar-refractivity contribution in [1.29, 1.82) is 0 Å². The smallest absolute Gasteiger partial charge is 0.196 e. The van der Waals surface area contributed by atoms with Crippen LogP contribution in [0.25, 0.3) is 0 Å². The fourth-order valence-corrected chi connectivity index (χ4v) is 2.38. The Labute approximate surface area is 117 Å². The fourth-order valence-electron chi connectivity index (χ4n) is 2.38. The van der Waals surface area contributed by atoms with Crippen LogP contribution >= 0.6 is 0 Å². The molecule has 0 saturated carbocycles. The van der Waals surface area contributed by atoms with Gasteiger partial charge in [0.15, 0.2) is 5.78 Å². The second kappa shape index (κ2) is 4.89. The summed E-state index contributed by atoms with van der Waals surface area (Å²) in [4.78, 5) is 12.6. The van der Waals surface area contributed by atoms with Gasteiger partial charge in [-0.05, 0) is 35.9 Å². The van der Waals surface area contributed by atoms with E-state index < -0.39 is 0 Å². The lowest BCUT2D eigenvalue weighted by Gasteiger charge is -2.09. The first-order valence-electron chi connectivity index (χ1n) is 6.43. The molecule has 102 valence electrons. The largest absolute Gasteiger partial charge is 0.496 e. The van der Waals surface area contributed by atoms with Gasteiger partial charge in [-0.15, -0.1) is 0 Å². The average Bonchev–Trinajstić information content (AvgIpc) is 2.93. The second-order valence-corrected chi connectivity index (χ2v) is 4.71. The summed E-state index contributed by atoms with van der Waals surface area (Å²) in [6.07, 6.45) is 0.843. The highest BCUT2D eigenvalue weighted by Gasteiger charge is 2.18. The Morgan fingerprint density at radius 2 is 2.10 bits per heavy atom. The molecule has 1 aliphatic heterocycles. The van der Waals surface area contributed by atoms with Crippen LogP contribution < -0.4 is 15.2 Å². The Hall–Kier alpha value is -2.49. The summed E-state index contributed by atoms with van der Waals surface area (Å²) in [7, 11) is 1.53. The zero-order valence-corrected chi connectivity index (χ0v) is 11.2. The lowest BCUT2D eigenvalue weighted by molar-refractivity contribution is 0.103. The number of ether oxygens (including phenoxy) is 2. The minimum atomic E-state index is -0.0726. The molecule has 4 nitrogen and oxygen atoms in total. The van der Waals surface area contributed by atoms with Crippen molar-refractivity contribution in [1.82, 2.24) is 0 Å². The van der Waals surface area contributed by atoms with Gasteiger partial charge in [0.2, 0.25) is 0 Å². The first-order valence-corrected chi connectivity index (χ1v) is 6.43. The second-order valence-electron chi connectivity index (χ2n) is 4.71. The fraction of sp³-hybridized carbons (Fsp3) is 0.188. The van der Waals surface area contributed by atoms with Crippen molar-refractivity contribution in [2.45, 2.75) is 6.42 Å². The van der Waals surface area contributed by atoms with E-state index in [0.717, 1.165) is 17.7 Å². The van der Waals surface area contributed by atoms with Gasteiger partial charge in [0.25, 0.3) is 0 Å². The number of benzene rings is 2. The number of carbonyl (C=O) groups excluding carboxylic acids is 1. The lowest BCUT2D eigenvalue weighted by atomic mass is 9.99. The number of fused-ring (bicyclic) bond motifs is 1. The van der Waals surface area contributed by atoms with Gasteiger partial charge in [-0.25, -0.2) is 0 Å². The minimum Gasteiger partial charge on any atom is -0.496 e. The Morgan fingerprint density at radius 1 is 1.25 bits per heavy atom. The van der Waals surface area contributed by atoms with Crippen molar-refractivity contribution in [2.75, 3.05) is 19.5 Å². The molecule has 0 amide bonds. The molecule has 1 aliphatic rings. The zero-order valence-electron chi connectivity index (χ0n) is 11.2. The number of rotatable bonds is 3. The number of anilines is 1. The third-order valence-electron chi connectivity index (χ3n) is 3.42. The van der Waals surface area contributed by atoms with Crippen LogP contribution in [-0.4, -0.2) is 19.5 Å². The number of methoxy groups -OCH3 is 1. The van der Waals surface area contributed by atoms with E-state index in [1.807, 2.05) is 12.1 Å². The van der Waals surface area contributed by atoms with E-state index in [2.05, 4.69) is 0 Å². The Kier molecular flexibility index (Phi) is 3.06. The highest BCUT2D eigenvalue weighted by molar-refractivity contribution is 6.11. The van der Waals surface area contributed by atoms with Gasteiger partial charge in [-0.3, -0.25) is 4.79 Å². The molecule has 0 bridgehead atoms. The maximum Gasteiger partial charge on any atom is 0.196 e. The molecule has 0 spiro atoms. The maximum absolute atomic E-state index is 12.6. The third-order valence-corrected chi connectivity index (χ3v) is 3.42. The van der Waals surface area contributed by atoms with Gasteiger partial charge in [0, 0.05) is 23.7 Å². The summed E-state index contributed by atoms with van der Waals surface area (Å²) < 4.78 is 10.7. The SMILES string of the molecule is COc1cc(N)ccc1C(=O)c1ccc2c(c1)CCO2. The van der Waals surface area contributed by atoms with Crippen LogP contribution in [-0.2, 0) is 6.42 Å². The molecule has 1 heterocycles. The van der Waals surface area contributed by atoms with Crippen LogP contribution in [0.2, 0.25) is 0 Å². The molecule has 0 unspecified atom stereocenters. The van der Waals surface area contributed by atoms with Crippen LogP contribution in [0.3, 0.4) is 0 Å². The number of ketones is 1. The molecule has 0 fully saturated rings. The molecule has 0 aliphatic carbocycles. The van der Waals surface area contributed by atoms with Crippen LogP contribution in [0.5, 0.6) is 11.5 Å². The lowest BCUT2D eigenvalue weighted by Crippen LogP contribution is -2.05. The number of carbonyl (C=O) groups is 1. The normalized spacial score (nSPS) is 12.7. The third kappa shape index (κ3) is 2.09. The van der Waals surface area contributed by atoms with E-state index in [-0.39, 0.29) is 5.78 Å². The first-order chi connectivity index (χ1) is 9.69. The van der Waals surface area contributed by atoms with E-state index in [9.17, 15) is 4.79 Å². The van der Waals surface area contributed by atoms with Gasteiger partial charge in [-0.2, -0.15) is 0 Å². The van der Waals surface area contributed by atoms with Gasteiger partial charge in [-0.1, -0.05) is 0 Å². The Morgan fingerprint density at radius 3 is 2.90 bits per heavy atom. The predicted molar refractivity (Wildman–Crippen MR) is 76.5 cm³/mol. The van der Waals surface area contributed by atoms with Gasteiger partial charge in [0.1, 0.15) is 11.5 Å². The summed E-state index contributed by atoms with van der Waals surface area (Å²) in [6, 6.07) is 10.6. The van der Waals surface area contributed by atoms with Crippen molar-refractivity contribution in [2.24, 2.45) is 0 Å². The maximum atomic E-state index is 12.6. The average molecular weight is 269 g/mol. The number of hydrogen-bond donors (Lipinski definition) is 1. The van der Waals surface area contributed by atoms with Crippen LogP contribution in [0, 0.1) is 0 Å². The van der Waals surface area contributed by atoms with E-state index in [1.54, 1.807) is 24.3 Å². The molecule has 4 heteroatoms. The summed E-state index contributed by atoms with van der Waals surface area (Å²) in [5, 5.41) is 0. The Balaban J connectivity index is 2.00. The van der Waals surface area contributed by atoms with Crippen molar-refractivity contribution < 1.29 is 14.3 Å². The molecule has 0 radical (unpaired) electrons. The predicted octanol–water partition coefficient (Wildman–Crippen LogP) is 2.44. The highest BCUT2D eigenvalue weighted by atomic mass is 16.5. The molecule has 20 heavy (non-hydrogen) atoms. The van der Waals surface area contributed by atoms with Crippen LogP contribution in [0.1, 0.15) is 21.5 Å². The molecule has 2 aromatic carbocycles. The standard InChI is InChI=1S/C16H15NO3/c1-19-15-9-12(17)3-4-13(15)16(18)11-2-5-14-10(8-11)6-7-20-14/h2-5,8-9H,6-7,17H2,1H3. The molecular formula is C16H15NO3. The van der Waals surface area contributed by atoms with Gasteiger partial charge < -0.3 is 15.2 Å². The zero-order chi connectivity index (χ0) is 14.1. The van der Waals surface area contributed by atoms with Gasteiger partial charge in [0.05, 0.1) is 19.3 Å². The van der Waals surface area contributed by atoms with Gasteiger partial charge >= 0.3 is 0 Å². The quantitative estimate of drug-likeness (QED) is 0.686.